The molecule has 2 amide bonds. The number of carboxylic acids is 1. The first-order valence-electron chi connectivity index (χ1n) is 35.4. The Labute approximate surface area is 859 Å². The number of thioether (sulfide) groups is 1. The summed E-state index contributed by atoms with van der Waals surface area (Å²) in [6.45, 7) is 11.6. The Bertz CT molecular complexity index is 4890. The number of hydrogen-bond donors (Lipinski definition) is 6. The SMILES string of the molecule is Cc1ccc(C2(C#N)CC(Br)C2)c(O)c1.Cc1ccc(C2(C#N)CC(O)C2)c(O)c1.Cc1ccc2c(c1)OC1CC2(C#N)C1.Cc1ccc2c(c1)OC1CC2(C(=O)C=[N+]=[N-])C1.Cc1ccc2c(c1)OC1CC2(CC(=O)O)C1.Cc1cnc(Cl)c(Cl)c1.O=C1NC(=O)C(C23CC(C2)Oc2cc(O)ccc23)S1.O=CO[O-].[Ag].[Cs+].[Cs+].[H-].[H-].[Na+].[O]=[Ag]. The van der Waals surface area contributed by atoms with Crippen LogP contribution in [0.2, 0.25) is 10.2 Å². The Balaban J connectivity index is 0.000000283. The number of imide groups is 1. The topological polar surface area (TPSA) is 405 Å². The van der Waals surface area contributed by atoms with Crippen LogP contribution >= 0.6 is 50.9 Å². The number of halogens is 3. The molecule has 33 heteroatoms. The Hall–Kier alpha value is -3.62. The number of benzene rings is 6. The molecule has 15 aliphatic rings. The van der Waals surface area contributed by atoms with Crippen LogP contribution in [0.1, 0.15) is 153 Å². The predicted molar refractivity (Wildman–Crippen MR) is 407 cm³/mol. The number of hydrogen-bond acceptors (Lipinski definition) is 21. The van der Waals surface area contributed by atoms with Gasteiger partial charge in [-0.05, 0) is 169 Å². The van der Waals surface area contributed by atoms with Gasteiger partial charge in [0.05, 0.1) is 57.4 Å². The molecule has 1 unspecified atom stereocenters. The number of aliphatic carboxylic acids is 1. The van der Waals surface area contributed by atoms with Gasteiger partial charge in [-0.2, -0.15) is 20.6 Å². The van der Waals surface area contributed by atoms with Crippen molar-refractivity contribution in [1.82, 2.24) is 10.3 Å². The number of nitrogens with zero attached hydrogens (tertiary/aromatic N) is 6. The molecule has 22 rings (SSSR count). The number of nitrogens with one attached hydrogen (secondary N) is 1. The van der Waals surface area contributed by atoms with E-state index in [2.05, 4.69) is 60.2 Å². The van der Waals surface area contributed by atoms with E-state index >= 15 is 0 Å². The fourth-order valence-corrected chi connectivity index (χ4v) is 18.9. The summed E-state index contributed by atoms with van der Waals surface area (Å²) >= 11 is 17.4. The minimum absolute atomic E-state index is 0. The molecule has 1 atom stereocenters. The van der Waals surface area contributed by atoms with Crippen molar-refractivity contribution >= 4 is 86.5 Å². The normalized spacial score (nSPS) is 26.7. The fourth-order valence-electron chi connectivity index (χ4n) is 16.4. The molecule has 6 aliphatic carbocycles. The standard InChI is InChI=1S/C13H12N2O2.C13H11NO4S.C13H14O3.C12H12BrNO.C12H13NO2.C12H11NO.C6H5Cl2N.CH2O3.2Ag.2Cs.Na.O.2H/c1-8-2-3-10-11(4-8)17-9-5-13(10,6-9)12(16)7-15-14;15-6-1-2-8-9(3-6)18-7-4-13(8,5-7)10-11(16)14-12(17)19-10;1-8-2-3-10-11(4-8)16-9-5-13(10,6-9)7-12(14)15;1-8-2-3-10(11(15)4-8)12(7-14)5-9(13)6-12;1-8-2-3-10(11(15)4-8)12(7-13)5-9(14)6-12;1-8-2-3-10-11(4-8)14-9-5-12(10,6-9)7-13;1-4-2-5(7)6(8)9-3-4;2-1-4-3;;;;;;;;/h2-4,7,9H,5-6H2,1H3;1-3,7,10,15H,4-5H2,(H,14,16,17);2-4,9H,5-7H2,1H3,(H,14,15);2-4,9,15H,5-6H2,1H3;2-4,9,14-15H,5-6H2,1H3;2-4,9H,5-6H2,1H3;2-3H,1H3;1,3H;;;;;;;;/q;;;;;;;;;;3*+1;;2*-1/p-1. The summed E-state index contributed by atoms with van der Waals surface area (Å²) in [4.78, 5) is 64.6. The molecule has 1 radical (unpaired) electrons. The molecule has 1 saturated heterocycles. The van der Waals surface area contributed by atoms with Crippen molar-refractivity contribution in [2.75, 3.05) is 0 Å². The van der Waals surface area contributed by atoms with Gasteiger partial charge < -0.3 is 63.0 Å². The summed E-state index contributed by atoms with van der Waals surface area (Å²) in [5.41, 5.74) is 18.0. The number of ketones is 1. The van der Waals surface area contributed by atoms with Crippen LogP contribution in [-0.2, 0) is 103 Å². The van der Waals surface area contributed by atoms with E-state index < -0.39 is 28.3 Å². The third-order valence-corrected chi connectivity index (χ3v) is 24.6. The maximum absolute atomic E-state index is 12.0. The fraction of sp³-hybridized carbons (Fsp3) is 0.390. The van der Waals surface area contributed by atoms with Gasteiger partial charge in [0.1, 0.15) is 75.1 Å². The number of pyridine rings is 1. The molecule has 0 spiro atoms. The van der Waals surface area contributed by atoms with Crippen molar-refractivity contribution in [1.29, 1.82) is 15.8 Å². The molecule has 24 nitrogen and oxygen atoms in total. The van der Waals surface area contributed by atoms with E-state index in [0.29, 0.717) is 52.0 Å². The summed E-state index contributed by atoms with van der Waals surface area (Å²) < 4.78 is 31.1. The second kappa shape index (κ2) is 42.9. The van der Waals surface area contributed by atoms with Crippen LogP contribution in [0.15, 0.2) is 121 Å². The number of amides is 2. The van der Waals surface area contributed by atoms with Crippen LogP contribution in [0.4, 0.5) is 4.79 Å². The third-order valence-electron chi connectivity index (χ3n) is 22.0. The molecule has 6 N–H and O–H groups in total. The molecule has 115 heavy (non-hydrogen) atoms. The number of aliphatic hydroxyl groups excluding tert-OH is 1. The van der Waals surface area contributed by atoms with E-state index in [1.807, 2.05) is 108 Å². The summed E-state index contributed by atoms with van der Waals surface area (Å²) in [6.07, 6.45) is 11.9. The van der Waals surface area contributed by atoms with Crippen LogP contribution in [0, 0.1) is 75.5 Å². The van der Waals surface area contributed by atoms with Crippen molar-refractivity contribution in [2.45, 2.75) is 198 Å². The number of phenolic OH excluding ortho intramolecular Hbond substituents is 3. The molecule has 6 aromatic carbocycles. The first kappa shape index (κ1) is 100. The van der Waals surface area contributed by atoms with Gasteiger partial charge in [-0.1, -0.05) is 118 Å². The number of carbonyl (C=O) groups is 5. The van der Waals surface area contributed by atoms with E-state index in [9.17, 15) is 50.1 Å². The van der Waals surface area contributed by atoms with Crippen LogP contribution in [-0.4, -0.2) is 111 Å². The van der Waals surface area contributed by atoms with Gasteiger partial charge in [0.25, 0.3) is 11.7 Å². The maximum atomic E-state index is 12.0. The quantitative estimate of drug-likeness (QED) is 0.0139. The summed E-state index contributed by atoms with van der Waals surface area (Å²) in [5.74, 6) is 2.74. The molecule has 6 saturated carbocycles. The van der Waals surface area contributed by atoms with Crippen LogP contribution < -0.4 is 197 Å². The monoisotopic (exact) mass is 2120 g/mol. The number of aromatic hydroxyl groups is 3. The molecule has 598 valence electrons. The van der Waals surface area contributed by atoms with Gasteiger partial charge in [-0.15, -0.1) is 0 Å². The minimum atomic E-state index is -0.716. The summed E-state index contributed by atoms with van der Waals surface area (Å²) in [6, 6.07) is 42.7. The van der Waals surface area contributed by atoms with Crippen molar-refractivity contribution < 1.29 is 300 Å². The zero-order valence-corrected chi connectivity index (χ0v) is 85.8. The van der Waals surface area contributed by atoms with E-state index in [4.69, 9.17) is 71.4 Å². The molecule has 7 fully saturated rings. The van der Waals surface area contributed by atoms with Crippen molar-refractivity contribution in [3.63, 3.8) is 0 Å². The molecule has 8 bridgehead atoms. The first-order valence-corrected chi connectivity index (χ1v) is 38.6. The number of alkyl halides is 1. The van der Waals surface area contributed by atoms with Crippen molar-refractivity contribution in [3.05, 3.63) is 204 Å². The Morgan fingerprint density at radius 2 is 1.05 bits per heavy atom. The van der Waals surface area contributed by atoms with Gasteiger partial charge in [0.15, 0.2) is 0 Å². The molecule has 1 aromatic heterocycles. The second-order valence-corrected chi connectivity index (χ2v) is 33.1. The van der Waals surface area contributed by atoms with Gasteiger partial charge >= 0.3 is 204 Å². The van der Waals surface area contributed by atoms with E-state index in [1.165, 1.54) is 5.56 Å². The zero-order valence-electron chi connectivity index (χ0n) is 66.4. The predicted octanol–water partition coefficient (Wildman–Crippen LogP) is 4.65. The van der Waals surface area contributed by atoms with Crippen molar-refractivity contribution in [3.8, 4) is 58.5 Å². The molecular formula is C82H81Ag2BrCl2Cs2N7NaO17S. The number of carboxylic acid groups (broad SMARTS) is 1. The number of aromatic nitrogens is 1. The van der Waals surface area contributed by atoms with E-state index in [0.717, 1.165) is 142 Å². The van der Waals surface area contributed by atoms with Gasteiger partial charge in [0.2, 0.25) is 11.7 Å². The number of nitriles is 3. The van der Waals surface area contributed by atoms with E-state index in [-0.39, 0.29) is 286 Å². The van der Waals surface area contributed by atoms with Gasteiger partial charge in [0, 0.05) is 109 Å². The molecular weight excluding hydrogens is 2040 g/mol. The summed E-state index contributed by atoms with van der Waals surface area (Å²) in [5, 5.41) is 86.0. The number of rotatable bonds is 8. The zero-order chi connectivity index (χ0) is 80.7. The number of carbonyl (C=O) groups excluding carboxylic acids is 4. The number of Topliss-reactive ketones (excluding diaryl/α,β-unsaturated/α-hetero) is 1. The third kappa shape index (κ3) is 22.3. The second-order valence-electron chi connectivity index (χ2n) is 29.9. The molecule has 9 aliphatic heterocycles. The average Bonchev–Trinajstić information content (AvgIpc) is 1.64. The van der Waals surface area contributed by atoms with E-state index in [1.54, 1.807) is 69.7 Å². The van der Waals surface area contributed by atoms with Gasteiger partial charge in [-0.25, -0.2) is 4.98 Å². The number of aliphatic hydroxyl groups is 1. The van der Waals surface area contributed by atoms with Crippen molar-refractivity contribution in [2.24, 2.45) is 0 Å². The van der Waals surface area contributed by atoms with Crippen LogP contribution in [0.5, 0.6) is 40.2 Å². The number of phenols is 3. The molecule has 7 aromatic rings. The van der Waals surface area contributed by atoms with Crippen LogP contribution in [0.25, 0.3) is 5.53 Å². The Morgan fingerprint density at radius 1 is 0.643 bits per heavy atom. The summed E-state index contributed by atoms with van der Waals surface area (Å²) in [7, 11) is 0. The Morgan fingerprint density at radius 3 is 1.48 bits per heavy atom. The van der Waals surface area contributed by atoms with Crippen LogP contribution in [0.3, 0.4) is 0 Å². The number of aryl methyl sites for hydroxylation is 6. The number of ether oxygens (including phenoxy) is 4. The Kier molecular flexibility index (Phi) is 37.4. The molecule has 10 heterocycles. The van der Waals surface area contributed by atoms with Gasteiger partial charge in [-0.3, -0.25) is 29.3 Å². The average molecular weight is 2120 g/mol. The first-order chi connectivity index (χ1) is 52.8.